The molecule has 1 N–H and O–H groups in total. The average Bonchev–Trinajstić information content (AvgIpc) is 2.47. The van der Waals surface area contributed by atoms with Crippen LogP contribution in [0.15, 0.2) is 22.7 Å². The van der Waals surface area contributed by atoms with Crippen molar-refractivity contribution in [2.75, 3.05) is 26.7 Å². The van der Waals surface area contributed by atoms with E-state index in [0.29, 0.717) is 5.92 Å². The van der Waals surface area contributed by atoms with Crippen molar-refractivity contribution in [1.29, 1.82) is 0 Å². The minimum atomic E-state index is -0.449. The number of nitrogens with zero attached hydrogens (tertiary/aromatic N) is 1. The molecule has 0 radical (unpaired) electrons. The normalized spacial score (nSPS) is 16.4. The van der Waals surface area contributed by atoms with Gasteiger partial charge in [0.2, 0.25) is 0 Å². The van der Waals surface area contributed by atoms with Gasteiger partial charge in [0.05, 0.1) is 5.56 Å². The van der Waals surface area contributed by atoms with Crippen molar-refractivity contribution < 1.29 is 9.18 Å². The Hall–Kier alpha value is -0.940. The molecule has 1 aliphatic heterocycles. The molecule has 0 unspecified atom stereocenters. The monoisotopic (exact) mass is 342 g/mol. The van der Waals surface area contributed by atoms with Crippen molar-refractivity contribution in [3.05, 3.63) is 34.1 Å². The van der Waals surface area contributed by atoms with E-state index in [1.165, 1.54) is 6.07 Å². The fraction of sp³-hybridized carbons (Fsp3) is 0.533. The van der Waals surface area contributed by atoms with E-state index in [2.05, 4.69) is 21.2 Å². The fourth-order valence-corrected chi connectivity index (χ4v) is 2.97. The van der Waals surface area contributed by atoms with Crippen molar-refractivity contribution in [2.24, 2.45) is 5.92 Å². The van der Waals surface area contributed by atoms with Crippen molar-refractivity contribution in [1.82, 2.24) is 10.2 Å². The average molecular weight is 343 g/mol. The van der Waals surface area contributed by atoms with Crippen LogP contribution >= 0.6 is 15.9 Å². The Bertz CT molecular complexity index is 473. The number of likely N-dealkylation sites (tertiary alicyclic amines) is 1. The van der Waals surface area contributed by atoms with Crippen molar-refractivity contribution in [3.63, 3.8) is 0 Å². The summed E-state index contributed by atoms with van der Waals surface area (Å²) in [7, 11) is 1.95. The second kappa shape index (κ2) is 7.18. The lowest BCUT2D eigenvalue weighted by Gasteiger charge is -2.32. The van der Waals surface area contributed by atoms with E-state index in [1.54, 1.807) is 17.0 Å². The standard InChI is InChI=1S/C15H20BrFN2O/c1-18-7-4-11-5-8-19(9-6-11)15(20)13-10-12(16)2-3-14(13)17/h2-3,10-11,18H,4-9H2,1H3. The molecule has 1 heterocycles. The molecule has 1 aromatic rings. The van der Waals surface area contributed by atoms with Crippen LogP contribution < -0.4 is 5.32 Å². The van der Waals surface area contributed by atoms with Crippen LogP contribution in [0.5, 0.6) is 0 Å². The van der Waals surface area contributed by atoms with Gasteiger partial charge in [-0.25, -0.2) is 4.39 Å². The zero-order valence-electron chi connectivity index (χ0n) is 11.7. The first kappa shape index (κ1) is 15.4. The summed E-state index contributed by atoms with van der Waals surface area (Å²) >= 11 is 3.28. The zero-order valence-corrected chi connectivity index (χ0v) is 13.2. The smallest absolute Gasteiger partial charge is 0.256 e. The summed E-state index contributed by atoms with van der Waals surface area (Å²) < 4.78 is 14.5. The van der Waals surface area contributed by atoms with Gasteiger partial charge in [0.1, 0.15) is 5.82 Å². The summed E-state index contributed by atoms with van der Waals surface area (Å²) in [4.78, 5) is 14.1. The number of amides is 1. The van der Waals surface area contributed by atoms with Crippen molar-refractivity contribution in [3.8, 4) is 0 Å². The lowest BCUT2D eigenvalue weighted by molar-refractivity contribution is 0.0682. The first-order chi connectivity index (χ1) is 9.61. The maximum Gasteiger partial charge on any atom is 0.256 e. The third kappa shape index (κ3) is 3.79. The van der Waals surface area contributed by atoms with E-state index in [9.17, 15) is 9.18 Å². The Balaban J connectivity index is 1.96. The molecule has 0 saturated carbocycles. The molecule has 0 spiro atoms. The predicted octanol–water partition coefficient (Wildman–Crippen LogP) is 3.05. The van der Waals surface area contributed by atoms with Gasteiger partial charge < -0.3 is 10.2 Å². The van der Waals surface area contributed by atoms with E-state index in [-0.39, 0.29) is 11.5 Å². The van der Waals surface area contributed by atoms with Crippen LogP contribution in [0, 0.1) is 11.7 Å². The minimum absolute atomic E-state index is 0.160. The SMILES string of the molecule is CNCCC1CCN(C(=O)c2cc(Br)ccc2F)CC1. The van der Waals surface area contributed by atoms with Crippen LogP contribution in [0.3, 0.4) is 0 Å². The van der Waals surface area contributed by atoms with Crippen LogP contribution in [-0.4, -0.2) is 37.5 Å². The summed E-state index contributed by atoms with van der Waals surface area (Å²) in [6.07, 6.45) is 3.15. The summed E-state index contributed by atoms with van der Waals surface area (Å²) in [5.74, 6) is 0.0187. The van der Waals surface area contributed by atoms with E-state index in [4.69, 9.17) is 0 Å². The highest BCUT2D eigenvalue weighted by Gasteiger charge is 2.25. The molecular weight excluding hydrogens is 323 g/mol. The van der Waals surface area contributed by atoms with Gasteiger partial charge in [0, 0.05) is 17.6 Å². The topological polar surface area (TPSA) is 32.3 Å². The highest BCUT2D eigenvalue weighted by Crippen LogP contribution is 2.23. The summed E-state index contributed by atoms with van der Waals surface area (Å²) in [5.41, 5.74) is 0.160. The molecule has 1 amide bonds. The number of rotatable bonds is 4. The van der Waals surface area contributed by atoms with Gasteiger partial charge in [-0.1, -0.05) is 15.9 Å². The quantitative estimate of drug-likeness (QED) is 0.911. The Morgan fingerprint density at radius 3 is 2.80 bits per heavy atom. The van der Waals surface area contributed by atoms with Gasteiger partial charge >= 0.3 is 0 Å². The molecule has 1 aliphatic rings. The Morgan fingerprint density at radius 1 is 1.45 bits per heavy atom. The molecule has 1 saturated heterocycles. The summed E-state index contributed by atoms with van der Waals surface area (Å²) in [6.45, 7) is 2.46. The minimum Gasteiger partial charge on any atom is -0.339 e. The Kier molecular flexibility index (Phi) is 5.54. The molecule has 2 rings (SSSR count). The molecule has 1 aromatic carbocycles. The van der Waals surface area contributed by atoms with Gasteiger partial charge in [-0.15, -0.1) is 0 Å². The molecule has 110 valence electrons. The molecular formula is C15H20BrFN2O. The van der Waals surface area contributed by atoms with Crippen molar-refractivity contribution >= 4 is 21.8 Å². The van der Waals surface area contributed by atoms with Crippen LogP contribution in [0.2, 0.25) is 0 Å². The van der Waals surface area contributed by atoms with Gasteiger partial charge in [0.15, 0.2) is 0 Å². The van der Waals surface area contributed by atoms with E-state index >= 15 is 0 Å². The van der Waals surface area contributed by atoms with E-state index in [0.717, 1.165) is 43.4 Å². The number of hydrogen-bond acceptors (Lipinski definition) is 2. The van der Waals surface area contributed by atoms with Gasteiger partial charge in [-0.3, -0.25) is 4.79 Å². The van der Waals surface area contributed by atoms with Gasteiger partial charge in [-0.2, -0.15) is 0 Å². The molecule has 0 aromatic heterocycles. The molecule has 20 heavy (non-hydrogen) atoms. The van der Waals surface area contributed by atoms with E-state index in [1.807, 2.05) is 7.05 Å². The maximum atomic E-state index is 13.7. The second-order valence-electron chi connectivity index (χ2n) is 5.25. The predicted molar refractivity (Wildman–Crippen MR) is 81.3 cm³/mol. The number of benzene rings is 1. The molecule has 0 atom stereocenters. The molecule has 5 heteroatoms. The highest BCUT2D eigenvalue weighted by molar-refractivity contribution is 9.10. The largest absolute Gasteiger partial charge is 0.339 e. The fourth-order valence-electron chi connectivity index (χ4n) is 2.60. The number of nitrogens with one attached hydrogen (secondary N) is 1. The van der Waals surface area contributed by atoms with Crippen LogP contribution in [0.25, 0.3) is 0 Å². The van der Waals surface area contributed by atoms with Crippen LogP contribution in [0.4, 0.5) is 4.39 Å². The first-order valence-corrected chi connectivity index (χ1v) is 7.80. The summed E-state index contributed by atoms with van der Waals surface area (Å²) in [6, 6.07) is 4.50. The number of carbonyl (C=O) groups is 1. The number of carbonyl (C=O) groups excluding carboxylic acids is 1. The Morgan fingerprint density at radius 2 is 2.15 bits per heavy atom. The molecule has 0 bridgehead atoms. The highest BCUT2D eigenvalue weighted by atomic mass is 79.9. The first-order valence-electron chi connectivity index (χ1n) is 7.00. The second-order valence-corrected chi connectivity index (χ2v) is 6.17. The third-order valence-corrected chi connectivity index (χ3v) is 4.36. The molecule has 0 aliphatic carbocycles. The maximum absolute atomic E-state index is 13.7. The number of piperidine rings is 1. The van der Waals surface area contributed by atoms with Crippen molar-refractivity contribution in [2.45, 2.75) is 19.3 Å². The number of halogens is 2. The third-order valence-electron chi connectivity index (χ3n) is 3.86. The molecule has 1 fully saturated rings. The van der Waals surface area contributed by atoms with Crippen LogP contribution in [-0.2, 0) is 0 Å². The van der Waals surface area contributed by atoms with Gasteiger partial charge in [0.25, 0.3) is 5.91 Å². The zero-order chi connectivity index (χ0) is 14.5. The van der Waals surface area contributed by atoms with Gasteiger partial charge in [-0.05, 0) is 57.0 Å². The summed E-state index contributed by atoms with van der Waals surface area (Å²) in [5, 5.41) is 3.15. The van der Waals surface area contributed by atoms with Crippen LogP contribution in [0.1, 0.15) is 29.6 Å². The molecule has 3 nitrogen and oxygen atoms in total. The lowest BCUT2D eigenvalue weighted by atomic mass is 9.93. The lowest BCUT2D eigenvalue weighted by Crippen LogP contribution is -2.39. The van der Waals surface area contributed by atoms with E-state index < -0.39 is 5.82 Å². The number of hydrogen-bond donors (Lipinski definition) is 1. The Labute approximate surface area is 127 Å².